The van der Waals surface area contributed by atoms with E-state index in [0.29, 0.717) is 5.69 Å². The number of hydrogen-bond donors (Lipinski definition) is 0. The molecule has 124 valence electrons. The van der Waals surface area contributed by atoms with Crippen molar-refractivity contribution >= 4 is 5.69 Å². The maximum atomic E-state index is 13.9. The van der Waals surface area contributed by atoms with Gasteiger partial charge in [-0.2, -0.15) is 5.26 Å². The molecule has 1 aliphatic heterocycles. The van der Waals surface area contributed by atoms with Crippen LogP contribution in [0.15, 0.2) is 48.5 Å². The van der Waals surface area contributed by atoms with Gasteiger partial charge in [-0.3, -0.25) is 4.90 Å². The van der Waals surface area contributed by atoms with Crippen molar-refractivity contribution in [2.24, 2.45) is 0 Å². The molecule has 1 atom stereocenters. The Kier molecular flexibility index (Phi) is 5.12. The minimum absolute atomic E-state index is 0.154. The number of nitrogens with zero attached hydrogens (tertiary/aromatic N) is 3. The fraction of sp³-hybridized carbons (Fsp3) is 0.350. The number of anilines is 1. The monoisotopic (exact) mass is 323 g/mol. The van der Waals surface area contributed by atoms with Crippen molar-refractivity contribution in [3.8, 4) is 6.07 Å². The molecule has 0 bridgehead atoms. The van der Waals surface area contributed by atoms with Gasteiger partial charge in [0, 0.05) is 32.2 Å². The highest BCUT2D eigenvalue weighted by Gasteiger charge is 2.24. The number of rotatable bonds is 3. The second kappa shape index (κ2) is 7.46. The highest BCUT2D eigenvalue weighted by atomic mass is 19.1. The van der Waals surface area contributed by atoms with Gasteiger partial charge in [0.2, 0.25) is 0 Å². The first-order valence-corrected chi connectivity index (χ1v) is 8.40. The van der Waals surface area contributed by atoms with Crippen LogP contribution in [0.1, 0.15) is 24.5 Å². The summed E-state index contributed by atoms with van der Waals surface area (Å²) in [6.45, 7) is 5.82. The number of nitriles is 1. The molecule has 0 amide bonds. The van der Waals surface area contributed by atoms with Gasteiger partial charge in [-0.15, -0.1) is 0 Å². The molecule has 1 fully saturated rings. The fourth-order valence-electron chi connectivity index (χ4n) is 3.45. The van der Waals surface area contributed by atoms with Gasteiger partial charge >= 0.3 is 0 Å². The molecule has 0 spiro atoms. The molecule has 0 N–H and O–H groups in total. The van der Waals surface area contributed by atoms with Crippen LogP contribution >= 0.6 is 0 Å². The van der Waals surface area contributed by atoms with Crippen LogP contribution in [0.2, 0.25) is 0 Å². The summed E-state index contributed by atoms with van der Waals surface area (Å²) in [4.78, 5) is 4.61. The standard InChI is InChI=1S/C20H22FN3/c1-16-14-23(15-17-7-3-2-4-8-17)11-6-12-24(16)20-10-5-9-19(21)18(20)13-22/h2-5,7-10,16H,6,11-12,14-15H2,1H3. The maximum absolute atomic E-state index is 13.9. The lowest BCUT2D eigenvalue weighted by atomic mass is 10.1. The van der Waals surface area contributed by atoms with Gasteiger partial charge in [0.25, 0.3) is 0 Å². The normalized spacial score (nSPS) is 18.9. The highest BCUT2D eigenvalue weighted by Crippen LogP contribution is 2.26. The van der Waals surface area contributed by atoms with E-state index in [9.17, 15) is 9.65 Å². The molecule has 24 heavy (non-hydrogen) atoms. The zero-order valence-corrected chi connectivity index (χ0v) is 14.0. The van der Waals surface area contributed by atoms with Crippen molar-refractivity contribution in [3.63, 3.8) is 0 Å². The van der Waals surface area contributed by atoms with Crippen LogP contribution in [0.3, 0.4) is 0 Å². The van der Waals surface area contributed by atoms with E-state index in [1.165, 1.54) is 11.6 Å². The van der Waals surface area contributed by atoms with Crippen molar-refractivity contribution in [2.75, 3.05) is 24.5 Å². The molecule has 0 radical (unpaired) electrons. The highest BCUT2D eigenvalue weighted by molar-refractivity contribution is 5.60. The first-order chi connectivity index (χ1) is 11.7. The Bertz CT molecular complexity index is 723. The van der Waals surface area contributed by atoms with E-state index < -0.39 is 5.82 Å². The van der Waals surface area contributed by atoms with Gasteiger partial charge in [-0.25, -0.2) is 4.39 Å². The van der Waals surface area contributed by atoms with E-state index in [-0.39, 0.29) is 11.6 Å². The lowest BCUT2D eigenvalue weighted by Crippen LogP contribution is -2.39. The lowest BCUT2D eigenvalue weighted by molar-refractivity contribution is 0.268. The molecule has 0 aliphatic carbocycles. The van der Waals surface area contributed by atoms with Crippen LogP contribution in [0, 0.1) is 17.1 Å². The summed E-state index contributed by atoms with van der Waals surface area (Å²) in [5.41, 5.74) is 2.18. The first-order valence-electron chi connectivity index (χ1n) is 8.40. The van der Waals surface area contributed by atoms with Crippen molar-refractivity contribution in [3.05, 3.63) is 65.5 Å². The Labute approximate surface area is 142 Å². The molecule has 1 heterocycles. The van der Waals surface area contributed by atoms with E-state index in [2.05, 4.69) is 41.0 Å². The molecule has 1 unspecified atom stereocenters. The van der Waals surface area contributed by atoms with Gasteiger partial charge in [0.1, 0.15) is 17.4 Å². The quantitative estimate of drug-likeness (QED) is 0.861. The Morgan fingerprint density at radius 1 is 1.12 bits per heavy atom. The lowest BCUT2D eigenvalue weighted by Gasteiger charge is -2.31. The van der Waals surface area contributed by atoms with Gasteiger partial charge in [-0.05, 0) is 31.0 Å². The third-order valence-corrected chi connectivity index (χ3v) is 4.59. The van der Waals surface area contributed by atoms with Crippen LogP contribution in [-0.4, -0.2) is 30.6 Å². The van der Waals surface area contributed by atoms with Crippen molar-refractivity contribution in [1.29, 1.82) is 5.26 Å². The minimum atomic E-state index is -0.437. The molecule has 1 saturated heterocycles. The summed E-state index contributed by atoms with van der Waals surface area (Å²) in [7, 11) is 0. The molecular formula is C20H22FN3. The summed E-state index contributed by atoms with van der Waals surface area (Å²) < 4.78 is 13.9. The van der Waals surface area contributed by atoms with Gasteiger partial charge < -0.3 is 4.90 Å². The zero-order chi connectivity index (χ0) is 16.9. The third kappa shape index (κ3) is 3.58. The van der Waals surface area contributed by atoms with Crippen LogP contribution in [-0.2, 0) is 6.54 Å². The number of benzene rings is 2. The molecule has 2 aromatic carbocycles. The van der Waals surface area contributed by atoms with E-state index in [0.717, 1.165) is 32.6 Å². The van der Waals surface area contributed by atoms with E-state index >= 15 is 0 Å². The second-order valence-electron chi connectivity index (χ2n) is 6.36. The second-order valence-corrected chi connectivity index (χ2v) is 6.36. The Balaban J connectivity index is 1.77. The Hall–Kier alpha value is -2.38. The Morgan fingerprint density at radius 3 is 2.67 bits per heavy atom. The summed E-state index contributed by atoms with van der Waals surface area (Å²) in [6, 6.07) is 17.6. The summed E-state index contributed by atoms with van der Waals surface area (Å²) >= 11 is 0. The van der Waals surface area contributed by atoms with Crippen LogP contribution in [0.25, 0.3) is 0 Å². The SMILES string of the molecule is CC1CN(Cc2ccccc2)CCCN1c1cccc(F)c1C#N. The van der Waals surface area contributed by atoms with Crippen molar-refractivity contribution in [2.45, 2.75) is 25.9 Å². The Morgan fingerprint density at radius 2 is 1.92 bits per heavy atom. The largest absolute Gasteiger partial charge is 0.366 e. The molecular weight excluding hydrogens is 301 g/mol. The predicted octanol–water partition coefficient (Wildman–Crippen LogP) is 3.80. The van der Waals surface area contributed by atoms with Crippen LogP contribution < -0.4 is 4.90 Å². The molecule has 3 nitrogen and oxygen atoms in total. The number of hydrogen-bond acceptors (Lipinski definition) is 3. The average molecular weight is 323 g/mol. The molecule has 0 aromatic heterocycles. The van der Waals surface area contributed by atoms with Gasteiger partial charge in [0.05, 0.1) is 5.69 Å². The minimum Gasteiger partial charge on any atom is -0.366 e. The van der Waals surface area contributed by atoms with Gasteiger partial charge in [0.15, 0.2) is 0 Å². The predicted molar refractivity (Wildman–Crippen MR) is 94.3 cm³/mol. The summed E-state index contributed by atoms with van der Waals surface area (Å²) in [5, 5.41) is 9.31. The van der Waals surface area contributed by atoms with Crippen molar-refractivity contribution in [1.82, 2.24) is 4.90 Å². The van der Waals surface area contributed by atoms with Crippen LogP contribution in [0.4, 0.5) is 10.1 Å². The maximum Gasteiger partial charge on any atom is 0.143 e. The smallest absolute Gasteiger partial charge is 0.143 e. The van der Waals surface area contributed by atoms with Crippen molar-refractivity contribution < 1.29 is 4.39 Å². The van der Waals surface area contributed by atoms with E-state index in [1.54, 1.807) is 6.07 Å². The van der Waals surface area contributed by atoms with Gasteiger partial charge in [-0.1, -0.05) is 36.4 Å². The van der Waals surface area contributed by atoms with Crippen LogP contribution in [0.5, 0.6) is 0 Å². The molecule has 3 rings (SSSR count). The average Bonchev–Trinajstić information content (AvgIpc) is 2.76. The zero-order valence-electron chi connectivity index (χ0n) is 14.0. The molecule has 2 aromatic rings. The molecule has 0 saturated carbocycles. The topological polar surface area (TPSA) is 30.3 Å². The fourth-order valence-corrected chi connectivity index (χ4v) is 3.45. The molecule has 1 aliphatic rings. The summed E-state index contributed by atoms with van der Waals surface area (Å²) in [6.07, 6.45) is 0.999. The van der Waals surface area contributed by atoms with E-state index in [4.69, 9.17) is 0 Å². The first kappa shape index (κ1) is 16.5. The van der Waals surface area contributed by atoms with E-state index in [1.807, 2.05) is 18.2 Å². The third-order valence-electron chi connectivity index (χ3n) is 4.59. The molecule has 4 heteroatoms. The summed E-state index contributed by atoms with van der Waals surface area (Å²) in [5.74, 6) is -0.437. The number of halogens is 1.